The van der Waals surface area contributed by atoms with Crippen LogP contribution in [0.25, 0.3) is 0 Å². The number of hydrogen-bond acceptors (Lipinski definition) is 3. The summed E-state index contributed by atoms with van der Waals surface area (Å²) in [5.41, 5.74) is 0.945. The first-order chi connectivity index (χ1) is 9.07. The van der Waals surface area contributed by atoms with Crippen LogP contribution in [0.4, 0.5) is 0 Å². The highest BCUT2D eigenvalue weighted by molar-refractivity contribution is 9.10. The van der Waals surface area contributed by atoms with Crippen molar-refractivity contribution in [2.75, 3.05) is 6.54 Å². The number of fused-ring (bicyclic) bond motifs is 1. The van der Waals surface area contributed by atoms with Crippen LogP contribution in [0.5, 0.6) is 0 Å². The zero-order chi connectivity index (χ0) is 14.0. The van der Waals surface area contributed by atoms with E-state index in [1.165, 1.54) is 0 Å². The van der Waals surface area contributed by atoms with E-state index in [0.717, 1.165) is 12.8 Å². The Bertz CT molecular complexity index is 581. The highest BCUT2D eigenvalue weighted by atomic mass is 79.9. The fraction of sp³-hybridized carbons (Fsp3) is 0.286. The molecule has 19 heavy (non-hydrogen) atoms. The van der Waals surface area contributed by atoms with Crippen LogP contribution in [-0.2, 0) is 0 Å². The van der Waals surface area contributed by atoms with Crippen molar-refractivity contribution in [1.82, 2.24) is 5.32 Å². The molecule has 0 spiro atoms. The van der Waals surface area contributed by atoms with E-state index in [9.17, 15) is 9.59 Å². The maximum Gasteiger partial charge on any atom is 0.212 e. The number of ketones is 2. The average Bonchev–Trinajstić information content (AvgIpc) is 2.40. The van der Waals surface area contributed by atoms with E-state index in [0.29, 0.717) is 22.1 Å². The fourth-order valence-corrected chi connectivity index (χ4v) is 2.75. The number of halogens is 2. The second-order valence-electron chi connectivity index (χ2n) is 4.29. The highest BCUT2D eigenvalue weighted by Crippen LogP contribution is 2.31. The Balaban J connectivity index is 2.42. The van der Waals surface area contributed by atoms with Crippen LogP contribution in [0.2, 0.25) is 0 Å². The Morgan fingerprint density at radius 3 is 2.68 bits per heavy atom. The molecule has 3 nitrogen and oxygen atoms in total. The number of nitrogens with one attached hydrogen (secondary N) is 1. The van der Waals surface area contributed by atoms with Crippen LogP contribution < -0.4 is 5.32 Å². The molecule has 0 radical (unpaired) electrons. The van der Waals surface area contributed by atoms with Gasteiger partial charge in [-0.05, 0) is 12.5 Å². The van der Waals surface area contributed by atoms with E-state index < -0.39 is 0 Å². The SMILES string of the molecule is CCCCNC1=C(Cl)C(=O)c2cccc(Br)c2C1=O. The molecular formula is C14H13BrClNO2. The molecule has 1 N–H and O–H groups in total. The van der Waals surface area contributed by atoms with E-state index in [1.807, 2.05) is 0 Å². The lowest BCUT2D eigenvalue weighted by Crippen LogP contribution is -2.30. The van der Waals surface area contributed by atoms with Gasteiger partial charge in [-0.2, -0.15) is 0 Å². The predicted molar refractivity (Wildman–Crippen MR) is 78.6 cm³/mol. The Kier molecular flexibility index (Phi) is 4.42. The van der Waals surface area contributed by atoms with Gasteiger partial charge >= 0.3 is 0 Å². The van der Waals surface area contributed by atoms with Crippen LogP contribution in [0, 0.1) is 0 Å². The summed E-state index contributed by atoms with van der Waals surface area (Å²) in [5, 5.41) is 2.96. The first-order valence-electron chi connectivity index (χ1n) is 6.09. The minimum absolute atomic E-state index is 0.0216. The zero-order valence-corrected chi connectivity index (χ0v) is 12.8. The highest BCUT2D eigenvalue weighted by Gasteiger charge is 2.32. The van der Waals surface area contributed by atoms with Crippen LogP contribution in [0.3, 0.4) is 0 Å². The van der Waals surface area contributed by atoms with E-state index in [1.54, 1.807) is 18.2 Å². The molecule has 0 heterocycles. The third-order valence-corrected chi connectivity index (χ3v) is 3.98. The van der Waals surface area contributed by atoms with Crippen molar-refractivity contribution in [3.63, 3.8) is 0 Å². The first-order valence-corrected chi connectivity index (χ1v) is 7.26. The lowest BCUT2D eigenvalue weighted by molar-refractivity contribution is 0.0974. The van der Waals surface area contributed by atoms with Gasteiger partial charge in [-0.15, -0.1) is 0 Å². The lowest BCUT2D eigenvalue weighted by atomic mass is 9.92. The molecule has 1 aromatic carbocycles. The normalized spacial score (nSPS) is 14.7. The Hall–Kier alpha value is -1.13. The number of hydrogen-bond donors (Lipinski definition) is 1. The molecule has 1 aliphatic rings. The summed E-state index contributed by atoms with van der Waals surface area (Å²) >= 11 is 9.33. The summed E-state index contributed by atoms with van der Waals surface area (Å²) in [7, 11) is 0. The molecule has 0 aliphatic heterocycles. The molecule has 0 aromatic heterocycles. The minimum atomic E-state index is -0.309. The van der Waals surface area contributed by atoms with Crippen molar-refractivity contribution < 1.29 is 9.59 Å². The smallest absolute Gasteiger partial charge is 0.212 e. The number of benzene rings is 1. The molecule has 100 valence electrons. The number of carbonyl (C=O) groups is 2. The third-order valence-electron chi connectivity index (χ3n) is 2.96. The summed E-state index contributed by atoms with van der Waals surface area (Å²) < 4.78 is 0.613. The van der Waals surface area contributed by atoms with Crippen LogP contribution in [0.1, 0.15) is 40.5 Å². The predicted octanol–water partition coefficient (Wildman–Crippen LogP) is 3.67. The van der Waals surface area contributed by atoms with Gasteiger partial charge in [-0.3, -0.25) is 9.59 Å². The van der Waals surface area contributed by atoms with E-state index in [-0.39, 0.29) is 22.3 Å². The fourth-order valence-electron chi connectivity index (χ4n) is 1.95. The number of rotatable bonds is 4. The molecule has 0 saturated carbocycles. The molecule has 2 rings (SSSR count). The molecule has 0 amide bonds. The lowest BCUT2D eigenvalue weighted by Gasteiger charge is -2.19. The van der Waals surface area contributed by atoms with Gasteiger partial charge in [0, 0.05) is 22.1 Å². The number of unbranched alkanes of at least 4 members (excludes halogenated alkanes) is 1. The summed E-state index contributed by atoms with van der Waals surface area (Å²) in [5.74, 6) is -0.542. The maximum atomic E-state index is 12.4. The summed E-state index contributed by atoms with van der Waals surface area (Å²) in [6.07, 6.45) is 1.91. The number of carbonyl (C=O) groups excluding carboxylic acids is 2. The van der Waals surface area contributed by atoms with Crippen LogP contribution in [0.15, 0.2) is 33.4 Å². The minimum Gasteiger partial charge on any atom is -0.381 e. The van der Waals surface area contributed by atoms with Gasteiger partial charge in [-0.1, -0.05) is 53.0 Å². The van der Waals surface area contributed by atoms with Gasteiger partial charge in [-0.25, -0.2) is 0 Å². The Morgan fingerprint density at radius 2 is 2.00 bits per heavy atom. The molecule has 0 saturated heterocycles. The topological polar surface area (TPSA) is 46.2 Å². The quantitative estimate of drug-likeness (QED) is 0.849. The monoisotopic (exact) mass is 341 g/mol. The van der Waals surface area contributed by atoms with Crippen LogP contribution in [-0.4, -0.2) is 18.1 Å². The van der Waals surface area contributed by atoms with Gasteiger partial charge in [0.2, 0.25) is 11.6 Å². The molecule has 1 aliphatic carbocycles. The molecule has 0 fully saturated rings. The second-order valence-corrected chi connectivity index (χ2v) is 5.52. The third kappa shape index (κ3) is 2.60. The van der Waals surface area contributed by atoms with Crippen molar-refractivity contribution in [2.45, 2.75) is 19.8 Å². The molecule has 5 heteroatoms. The Morgan fingerprint density at radius 1 is 1.26 bits per heavy atom. The van der Waals surface area contributed by atoms with Crippen molar-refractivity contribution >= 4 is 39.1 Å². The zero-order valence-electron chi connectivity index (χ0n) is 10.4. The number of allylic oxidation sites excluding steroid dienone is 2. The largest absolute Gasteiger partial charge is 0.381 e. The number of Topliss-reactive ketones (excluding diaryl/α,β-unsaturated/α-hetero) is 2. The maximum absolute atomic E-state index is 12.4. The molecule has 0 bridgehead atoms. The van der Waals surface area contributed by atoms with Gasteiger partial charge in [0.1, 0.15) is 10.7 Å². The molecular weight excluding hydrogens is 330 g/mol. The van der Waals surface area contributed by atoms with Gasteiger partial charge in [0.25, 0.3) is 0 Å². The Labute approximate surface area is 125 Å². The van der Waals surface area contributed by atoms with Crippen LogP contribution >= 0.6 is 27.5 Å². The molecule has 0 atom stereocenters. The van der Waals surface area contributed by atoms with Gasteiger partial charge in [0.05, 0.1) is 0 Å². The standard InChI is InChI=1S/C14H13BrClNO2/c1-2-3-7-17-12-11(16)13(18)8-5-4-6-9(15)10(8)14(12)19/h4-6,17H,2-3,7H2,1H3. The van der Waals surface area contributed by atoms with Gasteiger partial charge in [0.15, 0.2) is 0 Å². The van der Waals surface area contributed by atoms with E-state index in [4.69, 9.17) is 11.6 Å². The summed E-state index contributed by atoms with van der Waals surface area (Å²) in [6.45, 7) is 2.68. The molecule has 0 unspecified atom stereocenters. The van der Waals surface area contributed by atoms with Crippen molar-refractivity contribution in [1.29, 1.82) is 0 Å². The van der Waals surface area contributed by atoms with E-state index in [2.05, 4.69) is 28.2 Å². The van der Waals surface area contributed by atoms with Gasteiger partial charge < -0.3 is 5.32 Å². The average molecular weight is 343 g/mol. The van der Waals surface area contributed by atoms with E-state index >= 15 is 0 Å². The van der Waals surface area contributed by atoms with Crippen molar-refractivity contribution in [2.24, 2.45) is 0 Å². The van der Waals surface area contributed by atoms with Crippen molar-refractivity contribution in [3.8, 4) is 0 Å². The van der Waals surface area contributed by atoms with Crippen molar-refractivity contribution in [3.05, 3.63) is 44.5 Å². The summed E-state index contributed by atoms with van der Waals surface area (Å²) in [6, 6.07) is 5.08. The molecule has 1 aromatic rings. The first kappa shape index (κ1) is 14.3. The second kappa shape index (κ2) is 5.88. The summed E-state index contributed by atoms with van der Waals surface area (Å²) in [4.78, 5) is 24.6.